The van der Waals surface area contributed by atoms with E-state index in [-0.39, 0.29) is 17.7 Å². The lowest BCUT2D eigenvalue weighted by atomic mass is 10.1. The van der Waals surface area contributed by atoms with E-state index in [1.807, 2.05) is 20.8 Å². The van der Waals surface area contributed by atoms with Gasteiger partial charge in [-0.1, -0.05) is 13.8 Å². The van der Waals surface area contributed by atoms with Crippen LogP contribution in [0.25, 0.3) is 0 Å². The highest BCUT2D eigenvalue weighted by Gasteiger charge is 2.15. The van der Waals surface area contributed by atoms with E-state index in [9.17, 15) is 9.59 Å². The number of hydrogen-bond acceptors (Lipinski definition) is 3. The molecular weight excluding hydrogens is 232 g/mol. The van der Waals surface area contributed by atoms with Gasteiger partial charge in [0.15, 0.2) is 0 Å². The summed E-state index contributed by atoms with van der Waals surface area (Å²) in [5, 5.41) is 5.55. The summed E-state index contributed by atoms with van der Waals surface area (Å²) in [5.41, 5.74) is 0. The van der Waals surface area contributed by atoms with E-state index < -0.39 is 0 Å². The Labute approximate surface area is 110 Å². The second-order valence-corrected chi connectivity index (χ2v) is 4.17. The lowest BCUT2D eigenvalue weighted by Crippen LogP contribution is -2.33. The summed E-state index contributed by atoms with van der Waals surface area (Å²) in [6, 6.07) is 0. The fourth-order valence-corrected chi connectivity index (χ4v) is 1.50. The molecule has 0 fully saturated rings. The van der Waals surface area contributed by atoms with Crippen LogP contribution < -0.4 is 10.6 Å². The zero-order chi connectivity index (χ0) is 13.8. The number of carbonyl (C=O) groups is 2. The maximum atomic E-state index is 11.6. The van der Waals surface area contributed by atoms with Gasteiger partial charge in [0.1, 0.15) is 0 Å². The Bertz CT molecular complexity index is 244. The fourth-order valence-electron chi connectivity index (χ4n) is 1.50. The number of ether oxygens (including phenoxy) is 1. The molecule has 1 unspecified atom stereocenters. The van der Waals surface area contributed by atoms with Crippen molar-refractivity contribution < 1.29 is 14.3 Å². The van der Waals surface area contributed by atoms with Gasteiger partial charge in [-0.2, -0.15) is 0 Å². The van der Waals surface area contributed by atoms with Gasteiger partial charge in [-0.25, -0.2) is 0 Å². The average molecular weight is 258 g/mol. The van der Waals surface area contributed by atoms with Crippen molar-refractivity contribution >= 4 is 11.8 Å². The summed E-state index contributed by atoms with van der Waals surface area (Å²) < 4.78 is 5.41. The van der Waals surface area contributed by atoms with Crippen LogP contribution in [0.2, 0.25) is 0 Å². The second kappa shape index (κ2) is 11.0. The molecule has 0 bridgehead atoms. The third kappa shape index (κ3) is 8.06. The molecule has 5 heteroatoms. The van der Waals surface area contributed by atoms with Crippen molar-refractivity contribution in [3.05, 3.63) is 0 Å². The standard InChI is InChI=1S/C13H26N2O3/c1-4-7-12(16)15-8-9-18-10-11(5-2)13(17)14-6-3/h11H,4-10H2,1-3H3,(H,14,17)(H,15,16). The first-order valence-corrected chi connectivity index (χ1v) is 6.77. The Morgan fingerprint density at radius 2 is 1.89 bits per heavy atom. The molecule has 5 nitrogen and oxygen atoms in total. The number of rotatable bonds is 10. The Balaban J connectivity index is 3.62. The van der Waals surface area contributed by atoms with E-state index in [4.69, 9.17) is 4.74 Å². The Hall–Kier alpha value is -1.10. The maximum absolute atomic E-state index is 11.6. The van der Waals surface area contributed by atoms with Crippen LogP contribution in [0.5, 0.6) is 0 Å². The smallest absolute Gasteiger partial charge is 0.225 e. The average Bonchev–Trinajstić information content (AvgIpc) is 2.34. The minimum absolute atomic E-state index is 0.0371. The topological polar surface area (TPSA) is 67.4 Å². The summed E-state index contributed by atoms with van der Waals surface area (Å²) in [4.78, 5) is 22.7. The zero-order valence-electron chi connectivity index (χ0n) is 11.8. The normalized spacial score (nSPS) is 11.9. The fraction of sp³-hybridized carbons (Fsp3) is 0.846. The molecule has 0 aromatic heterocycles. The predicted molar refractivity (Wildman–Crippen MR) is 71.2 cm³/mol. The first-order chi connectivity index (χ1) is 8.65. The maximum Gasteiger partial charge on any atom is 0.225 e. The SMILES string of the molecule is CCCC(=O)NCCOCC(CC)C(=O)NCC. The van der Waals surface area contributed by atoms with Crippen LogP contribution in [-0.2, 0) is 14.3 Å². The molecule has 0 aliphatic heterocycles. The molecule has 1 atom stereocenters. The molecule has 0 heterocycles. The van der Waals surface area contributed by atoms with Gasteiger partial charge in [0.05, 0.1) is 19.1 Å². The summed E-state index contributed by atoms with van der Waals surface area (Å²) in [6.07, 6.45) is 2.16. The minimum atomic E-state index is -0.101. The van der Waals surface area contributed by atoms with Crippen LogP contribution >= 0.6 is 0 Å². The van der Waals surface area contributed by atoms with Gasteiger partial charge >= 0.3 is 0 Å². The lowest BCUT2D eigenvalue weighted by Gasteiger charge is -2.14. The highest BCUT2D eigenvalue weighted by atomic mass is 16.5. The van der Waals surface area contributed by atoms with Crippen LogP contribution in [0.4, 0.5) is 0 Å². The minimum Gasteiger partial charge on any atom is -0.379 e. The van der Waals surface area contributed by atoms with Crippen LogP contribution in [0.1, 0.15) is 40.0 Å². The third-order valence-electron chi connectivity index (χ3n) is 2.58. The number of carbonyl (C=O) groups excluding carboxylic acids is 2. The van der Waals surface area contributed by atoms with Crippen molar-refractivity contribution in [1.29, 1.82) is 0 Å². The molecule has 2 N–H and O–H groups in total. The van der Waals surface area contributed by atoms with Gasteiger partial charge in [0.2, 0.25) is 11.8 Å². The van der Waals surface area contributed by atoms with E-state index in [0.717, 1.165) is 12.8 Å². The van der Waals surface area contributed by atoms with Gasteiger partial charge in [0, 0.05) is 19.5 Å². The van der Waals surface area contributed by atoms with E-state index in [1.54, 1.807) is 0 Å². The highest BCUT2D eigenvalue weighted by molar-refractivity contribution is 5.78. The molecule has 0 aromatic carbocycles. The van der Waals surface area contributed by atoms with Crippen molar-refractivity contribution in [2.75, 3.05) is 26.3 Å². The van der Waals surface area contributed by atoms with Crippen LogP contribution in [0.3, 0.4) is 0 Å². The molecule has 106 valence electrons. The molecule has 0 saturated heterocycles. The van der Waals surface area contributed by atoms with Crippen molar-refractivity contribution in [3.63, 3.8) is 0 Å². The molecule has 0 aromatic rings. The van der Waals surface area contributed by atoms with Crippen molar-refractivity contribution in [3.8, 4) is 0 Å². The van der Waals surface area contributed by atoms with Gasteiger partial charge in [0.25, 0.3) is 0 Å². The number of hydrogen-bond donors (Lipinski definition) is 2. The molecule has 0 rings (SSSR count). The first kappa shape index (κ1) is 16.9. The van der Waals surface area contributed by atoms with Gasteiger partial charge < -0.3 is 15.4 Å². The Morgan fingerprint density at radius 3 is 2.44 bits per heavy atom. The van der Waals surface area contributed by atoms with Crippen molar-refractivity contribution in [2.45, 2.75) is 40.0 Å². The number of nitrogens with one attached hydrogen (secondary N) is 2. The highest BCUT2D eigenvalue weighted by Crippen LogP contribution is 2.03. The molecule has 18 heavy (non-hydrogen) atoms. The molecule has 0 saturated carbocycles. The molecule has 0 aliphatic carbocycles. The van der Waals surface area contributed by atoms with E-state index in [1.165, 1.54) is 0 Å². The third-order valence-corrected chi connectivity index (χ3v) is 2.58. The molecule has 2 amide bonds. The summed E-state index contributed by atoms with van der Waals surface area (Å²) >= 11 is 0. The summed E-state index contributed by atoms with van der Waals surface area (Å²) in [5.74, 6) is -0.0109. The largest absolute Gasteiger partial charge is 0.379 e. The molecule has 0 spiro atoms. The zero-order valence-corrected chi connectivity index (χ0v) is 11.8. The second-order valence-electron chi connectivity index (χ2n) is 4.17. The Kier molecular flexibility index (Phi) is 10.3. The van der Waals surface area contributed by atoms with E-state index in [2.05, 4.69) is 10.6 Å². The van der Waals surface area contributed by atoms with Crippen LogP contribution in [0, 0.1) is 5.92 Å². The summed E-state index contributed by atoms with van der Waals surface area (Å²) in [6.45, 7) is 7.83. The van der Waals surface area contributed by atoms with E-state index >= 15 is 0 Å². The van der Waals surface area contributed by atoms with Gasteiger partial charge in [-0.05, 0) is 19.8 Å². The predicted octanol–water partition coefficient (Wildman–Crippen LogP) is 1.08. The molecule has 0 aliphatic rings. The summed E-state index contributed by atoms with van der Waals surface area (Å²) in [7, 11) is 0. The quantitative estimate of drug-likeness (QED) is 0.576. The Morgan fingerprint density at radius 1 is 1.17 bits per heavy atom. The lowest BCUT2D eigenvalue weighted by molar-refractivity contribution is -0.127. The molecule has 0 radical (unpaired) electrons. The first-order valence-electron chi connectivity index (χ1n) is 6.77. The van der Waals surface area contributed by atoms with Crippen LogP contribution in [-0.4, -0.2) is 38.1 Å². The van der Waals surface area contributed by atoms with Crippen molar-refractivity contribution in [1.82, 2.24) is 10.6 Å². The van der Waals surface area contributed by atoms with Gasteiger partial charge in [-0.15, -0.1) is 0 Å². The monoisotopic (exact) mass is 258 g/mol. The van der Waals surface area contributed by atoms with Gasteiger partial charge in [-0.3, -0.25) is 9.59 Å². The van der Waals surface area contributed by atoms with E-state index in [0.29, 0.717) is 32.7 Å². The van der Waals surface area contributed by atoms with Crippen molar-refractivity contribution in [2.24, 2.45) is 5.92 Å². The molecular formula is C13H26N2O3. The number of amides is 2. The van der Waals surface area contributed by atoms with Crippen LogP contribution in [0.15, 0.2) is 0 Å².